The van der Waals surface area contributed by atoms with Gasteiger partial charge in [-0.15, -0.1) is 24.0 Å². The van der Waals surface area contributed by atoms with Crippen LogP contribution in [0, 0.1) is 13.8 Å². The van der Waals surface area contributed by atoms with Crippen molar-refractivity contribution in [2.75, 3.05) is 5.32 Å². The van der Waals surface area contributed by atoms with E-state index >= 15 is 0 Å². The largest absolute Gasteiger partial charge is 0.323 e. The average Bonchev–Trinajstić information content (AvgIpc) is 2.75. The zero-order chi connectivity index (χ0) is 15.7. The number of aryl methyl sites for hydroxylation is 3. The van der Waals surface area contributed by atoms with Crippen molar-refractivity contribution in [3.63, 3.8) is 0 Å². The molecule has 3 rings (SSSR count). The first-order valence-electron chi connectivity index (χ1n) is 7.34. The molecule has 1 heterocycles. The van der Waals surface area contributed by atoms with Crippen LogP contribution in [0.5, 0.6) is 0 Å². The zero-order valence-electron chi connectivity index (χ0n) is 13.5. The second kappa shape index (κ2) is 7.12. The summed E-state index contributed by atoms with van der Waals surface area (Å²) >= 11 is 0. The fourth-order valence-electron chi connectivity index (χ4n) is 2.87. The molecule has 4 nitrogen and oxygen atoms in total. The van der Waals surface area contributed by atoms with Crippen molar-refractivity contribution in [2.24, 2.45) is 7.05 Å². The van der Waals surface area contributed by atoms with Crippen molar-refractivity contribution < 1.29 is 9.36 Å². The third-order valence-electron chi connectivity index (χ3n) is 3.70. The maximum Gasteiger partial charge on any atom is 0.266 e. The summed E-state index contributed by atoms with van der Waals surface area (Å²) in [4.78, 5) is 12.3. The first-order chi connectivity index (χ1) is 10.5. The highest BCUT2D eigenvalue weighted by Gasteiger charge is 2.15. The highest BCUT2D eigenvalue weighted by Crippen LogP contribution is 2.14. The van der Waals surface area contributed by atoms with E-state index in [2.05, 4.69) is 11.4 Å². The molecule has 0 bridgehead atoms. The maximum absolute atomic E-state index is 12.3. The molecule has 0 unspecified atom stereocenters. The van der Waals surface area contributed by atoms with Crippen LogP contribution in [0.1, 0.15) is 11.1 Å². The lowest BCUT2D eigenvalue weighted by atomic mass is 10.1. The summed E-state index contributed by atoms with van der Waals surface area (Å²) in [6.45, 7) is 4.36. The quantitative estimate of drug-likeness (QED) is 0.511. The summed E-state index contributed by atoms with van der Waals surface area (Å²) in [6, 6.07) is 14.1. The van der Waals surface area contributed by atoms with E-state index in [4.69, 9.17) is 0 Å². The van der Waals surface area contributed by atoms with Gasteiger partial charge in [-0.1, -0.05) is 18.2 Å². The van der Waals surface area contributed by atoms with Crippen molar-refractivity contribution in [3.8, 4) is 0 Å². The minimum absolute atomic E-state index is 0. The van der Waals surface area contributed by atoms with E-state index in [0.717, 1.165) is 27.8 Å². The fraction of sp³-hybridized carbons (Fsp3) is 0.222. The molecule has 0 saturated heterocycles. The number of benzene rings is 2. The second-order valence-electron chi connectivity index (χ2n) is 5.77. The lowest BCUT2D eigenvalue weighted by Gasteiger charge is -2.06. The van der Waals surface area contributed by atoms with E-state index in [0.29, 0.717) is 6.54 Å². The Morgan fingerprint density at radius 2 is 1.78 bits per heavy atom. The SMILES string of the molecule is Cc1cc(C)cc(NC(=O)Cn2c[n+](C)c3ccccc32)c1.I. The molecule has 3 aromatic rings. The van der Waals surface area contributed by atoms with Crippen molar-refractivity contribution in [1.82, 2.24) is 4.57 Å². The zero-order valence-corrected chi connectivity index (χ0v) is 15.9. The smallest absolute Gasteiger partial charge is 0.266 e. The van der Waals surface area contributed by atoms with Crippen LogP contribution in [0.2, 0.25) is 0 Å². The standard InChI is InChI=1S/C18H19N3O.HI/c1-13-8-14(2)10-15(9-13)19-18(22)11-21-12-20(3)16-6-4-5-7-17(16)21;/h4-10,12H,11H2,1-3H3;1H/p+1. The number of amides is 1. The van der Waals surface area contributed by atoms with Crippen LogP contribution in [-0.4, -0.2) is 10.5 Å². The van der Waals surface area contributed by atoms with E-state index in [-0.39, 0.29) is 29.9 Å². The van der Waals surface area contributed by atoms with E-state index in [9.17, 15) is 4.79 Å². The Labute approximate surface area is 153 Å². The highest BCUT2D eigenvalue weighted by molar-refractivity contribution is 14.0. The molecule has 2 aromatic carbocycles. The Balaban J connectivity index is 0.00000192. The predicted molar refractivity (Wildman–Crippen MR) is 103 cm³/mol. The van der Waals surface area contributed by atoms with Crippen LogP contribution >= 0.6 is 24.0 Å². The normalized spacial score (nSPS) is 10.4. The summed E-state index contributed by atoms with van der Waals surface area (Å²) in [7, 11) is 1.99. The first-order valence-corrected chi connectivity index (χ1v) is 7.34. The molecule has 0 radical (unpaired) electrons. The van der Waals surface area contributed by atoms with Gasteiger partial charge in [-0.05, 0) is 49.2 Å². The van der Waals surface area contributed by atoms with Gasteiger partial charge in [0, 0.05) is 5.69 Å². The van der Waals surface area contributed by atoms with Gasteiger partial charge in [-0.25, -0.2) is 9.13 Å². The number of nitrogens with one attached hydrogen (secondary N) is 1. The molecular weight excluding hydrogens is 401 g/mol. The van der Waals surface area contributed by atoms with Gasteiger partial charge in [0.05, 0.1) is 7.05 Å². The number of carbonyl (C=O) groups excluding carboxylic acids is 1. The second-order valence-corrected chi connectivity index (χ2v) is 5.77. The maximum atomic E-state index is 12.3. The number of hydrogen-bond acceptors (Lipinski definition) is 1. The average molecular weight is 422 g/mol. The van der Waals surface area contributed by atoms with Crippen LogP contribution in [0.15, 0.2) is 48.8 Å². The van der Waals surface area contributed by atoms with Crippen molar-refractivity contribution in [1.29, 1.82) is 0 Å². The molecule has 1 N–H and O–H groups in total. The Morgan fingerprint density at radius 3 is 2.48 bits per heavy atom. The molecule has 120 valence electrons. The third kappa shape index (κ3) is 3.90. The topological polar surface area (TPSA) is 37.9 Å². The Morgan fingerprint density at radius 1 is 1.13 bits per heavy atom. The molecule has 0 saturated carbocycles. The molecule has 0 aliphatic rings. The third-order valence-corrected chi connectivity index (χ3v) is 3.70. The number of para-hydroxylation sites is 2. The number of carbonyl (C=O) groups is 1. The molecule has 1 amide bonds. The van der Waals surface area contributed by atoms with Gasteiger partial charge in [0.2, 0.25) is 6.33 Å². The minimum atomic E-state index is -0.0219. The van der Waals surface area contributed by atoms with Crippen LogP contribution in [0.25, 0.3) is 11.0 Å². The number of anilines is 1. The van der Waals surface area contributed by atoms with E-state index < -0.39 is 0 Å². The van der Waals surface area contributed by atoms with Crippen LogP contribution in [-0.2, 0) is 18.4 Å². The molecular formula is C18H21IN3O+. The van der Waals surface area contributed by atoms with Gasteiger partial charge in [0.25, 0.3) is 5.91 Å². The van der Waals surface area contributed by atoms with Crippen LogP contribution < -0.4 is 9.88 Å². The summed E-state index contributed by atoms with van der Waals surface area (Å²) in [5, 5.41) is 2.98. The number of hydrogen-bond donors (Lipinski definition) is 1. The molecule has 0 aliphatic heterocycles. The van der Waals surface area contributed by atoms with E-state index in [1.807, 2.05) is 72.8 Å². The Bertz CT molecular complexity index is 834. The summed E-state index contributed by atoms with van der Waals surface area (Å²) in [5.74, 6) is -0.0219. The van der Waals surface area contributed by atoms with Gasteiger partial charge < -0.3 is 5.32 Å². The van der Waals surface area contributed by atoms with Crippen molar-refractivity contribution in [2.45, 2.75) is 20.4 Å². The summed E-state index contributed by atoms with van der Waals surface area (Å²) in [6.07, 6.45) is 1.95. The molecule has 23 heavy (non-hydrogen) atoms. The summed E-state index contributed by atoms with van der Waals surface area (Å²) < 4.78 is 3.99. The molecule has 1 aromatic heterocycles. The lowest BCUT2D eigenvalue weighted by molar-refractivity contribution is -0.645. The van der Waals surface area contributed by atoms with Gasteiger partial charge in [0.15, 0.2) is 17.6 Å². The fourth-order valence-corrected chi connectivity index (χ4v) is 2.87. The van der Waals surface area contributed by atoms with Crippen LogP contribution in [0.4, 0.5) is 5.69 Å². The minimum Gasteiger partial charge on any atom is -0.323 e. The van der Waals surface area contributed by atoms with Crippen molar-refractivity contribution >= 4 is 46.6 Å². The number of imidazole rings is 1. The number of aromatic nitrogens is 2. The molecule has 0 aliphatic carbocycles. The number of rotatable bonds is 3. The molecule has 5 heteroatoms. The number of fused-ring (bicyclic) bond motifs is 1. The first kappa shape index (κ1) is 17.5. The van der Waals surface area contributed by atoms with Gasteiger partial charge in [0.1, 0.15) is 0 Å². The van der Waals surface area contributed by atoms with Gasteiger partial charge in [-0.3, -0.25) is 4.79 Å². The van der Waals surface area contributed by atoms with E-state index in [1.54, 1.807) is 0 Å². The number of nitrogens with zero attached hydrogens (tertiary/aromatic N) is 2. The number of halogens is 1. The van der Waals surface area contributed by atoms with Gasteiger partial charge in [-0.2, -0.15) is 0 Å². The molecule has 0 fully saturated rings. The molecule has 0 atom stereocenters. The van der Waals surface area contributed by atoms with Crippen LogP contribution in [0.3, 0.4) is 0 Å². The molecule has 0 spiro atoms. The van der Waals surface area contributed by atoms with E-state index in [1.165, 1.54) is 0 Å². The highest BCUT2D eigenvalue weighted by atomic mass is 127. The Kier molecular flexibility index (Phi) is 5.41. The lowest BCUT2D eigenvalue weighted by Crippen LogP contribution is -2.26. The monoisotopic (exact) mass is 422 g/mol. The van der Waals surface area contributed by atoms with Crippen molar-refractivity contribution in [3.05, 3.63) is 59.9 Å². The predicted octanol–water partition coefficient (Wildman–Crippen LogP) is 3.34. The Hall–Kier alpha value is -1.89. The van der Waals surface area contributed by atoms with Gasteiger partial charge >= 0.3 is 0 Å². The summed E-state index contributed by atoms with van der Waals surface area (Å²) in [5.41, 5.74) is 5.31.